The molecule has 0 aliphatic rings. The van der Waals surface area contributed by atoms with Gasteiger partial charge in [-0.3, -0.25) is 4.79 Å². The van der Waals surface area contributed by atoms with Gasteiger partial charge in [0.1, 0.15) is 5.82 Å². The highest BCUT2D eigenvalue weighted by Gasteiger charge is 2.17. The van der Waals surface area contributed by atoms with Crippen molar-refractivity contribution in [2.24, 2.45) is 0 Å². The van der Waals surface area contributed by atoms with Crippen LogP contribution >= 0.6 is 0 Å². The number of aryl methyl sites for hydroxylation is 2. The summed E-state index contributed by atoms with van der Waals surface area (Å²) in [5.74, 6) is 0.504. The fourth-order valence-corrected chi connectivity index (χ4v) is 2.69. The summed E-state index contributed by atoms with van der Waals surface area (Å²) in [4.78, 5) is 25.4. The highest BCUT2D eigenvalue weighted by Crippen LogP contribution is 2.26. The molecule has 0 saturated carbocycles. The number of methoxy groups -OCH3 is 1. The van der Waals surface area contributed by atoms with Gasteiger partial charge in [0.05, 0.1) is 24.2 Å². The Kier molecular flexibility index (Phi) is 4.62. The van der Waals surface area contributed by atoms with Crippen molar-refractivity contribution in [1.29, 1.82) is 0 Å². The summed E-state index contributed by atoms with van der Waals surface area (Å²) < 4.78 is 27.1. The van der Waals surface area contributed by atoms with E-state index in [9.17, 15) is 4.79 Å². The van der Waals surface area contributed by atoms with E-state index in [4.69, 9.17) is 8.85 Å². The summed E-state index contributed by atoms with van der Waals surface area (Å²) in [6.07, 6.45) is 1.89. The third-order valence-electron chi connectivity index (χ3n) is 3.80. The van der Waals surface area contributed by atoms with E-state index in [-0.39, 0.29) is 11.4 Å². The number of aromatic nitrogens is 5. The Hall–Kier alpha value is -3.62. The number of amides is 1. The topological polar surface area (TPSA) is 115 Å². The van der Waals surface area contributed by atoms with Crippen LogP contribution in [0.3, 0.4) is 0 Å². The lowest BCUT2D eigenvalue weighted by atomic mass is 10.1. The van der Waals surface area contributed by atoms with E-state index in [1.165, 1.54) is 7.11 Å². The Morgan fingerprint density at radius 3 is 2.82 bits per heavy atom. The quantitative estimate of drug-likeness (QED) is 0.665. The lowest BCUT2D eigenvalue weighted by molar-refractivity contribution is 0.0958. The molecule has 1 amide bonds. The van der Waals surface area contributed by atoms with Gasteiger partial charge in [-0.2, -0.15) is 5.10 Å². The number of hydrogen-bond donors (Lipinski definition) is 2. The van der Waals surface area contributed by atoms with Crippen molar-refractivity contribution in [3.8, 4) is 5.75 Å². The van der Waals surface area contributed by atoms with Crippen LogP contribution in [-0.2, 0) is 6.42 Å². The maximum Gasteiger partial charge on any atom is 0.273 e. The first-order valence-electron chi connectivity index (χ1n) is 9.91. The second-order valence-electron chi connectivity index (χ2n) is 5.96. The first-order valence-corrected chi connectivity index (χ1v) is 8.41. The van der Waals surface area contributed by atoms with Gasteiger partial charge in [0, 0.05) is 29.4 Å². The summed E-state index contributed by atoms with van der Waals surface area (Å²) >= 11 is 0. The van der Waals surface area contributed by atoms with E-state index in [0.29, 0.717) is 29.5 Å². The van der Waals surface area contributed by atoms with Crippen LogP contribution in [0.5, 0.6) is 5.75 Å². The molecule has 0 spiro atoms. The molecule has 0 bridgehead atoms. The minimum atomic E-state index is -2.67. The Morgan fingerprint density at radius 2 is 2.07 bits per heavy atom. The van der Waals surface area contributed by atoms with Crippen LogP contribution < -0.4 is 15.4 Å². The summed E-state index contributed by atoms with van der Waals surface area (Å²) in [6.45, 7) is 0.991. The van der Waals surface area contributed by atoms with Crippen LogP contribution in [0, 0.1) is 13.8 Å². The predicted molar refractivity (Wildman–Crippen MR) is 104 cm³/mol. The first kappa shape index (κ1) is 15.4. The van der Waals surface area contributed by atoms with Crippen LogP contribution in [0.2, 0.25) is 0 Å². The molecule has 3 heterocycles. The maximum absolute atomic E-state index is 12.5. The summed E-state index contributed by atoms with van der Waals surface area (Å²) in [5.41, 5.74) is 2.11. The number of anilines is 2. The van der Waals surface area contributed by atoms with Crippen molar-refractivity contribution < 1.29 is 13.6 Å². The zero-order valence-electron chi connectivity index (χ0n) is 18.6. The standard InChI is InChI=1S/C19H21N7O2/c1-11-8-13(23-12(2)22-11)9-14-10-15(17(26-25-14)19(27)20-3)24-18-16(28-4)6-5-7-21-18/h5-8,10H,9H2,1-4H3,(H,20,27)(H,21,24,25)/i3D3. The average Bonchev–Trinajstić information content (AvgIpc) is 2.66. The molecule has 0 saturated heterocycles. The zero-order chi connectivity index (χ0) is 22.6. The molecule has 0 aliphatic heterocycles. The lowest BCUT2D eigenvalue weighted by Gasteiger charge is -2.13. The molecule has 3 rings (SSSR count). The van der Waals surface area contributed by atoms with Crippen LogP contribution in [0.4, 0.5) is 11.5 Å². The van der Waals surface area contributed by atoms with Crippen LogP contribution in [0.1, 0.15) is 37.5 Å². The Labute approximate surface area is 166 Å². The number of pyridine rings is 1. The van der Waals surface area contributed by atoms with E-state index in [1.54, 1.807) is 31.3 Å². The summed E-state index contributed by atoms with van der Waals surface area (Å²) in [7, 11) is 1.49. The average molecular weight is 382 g/mol. The van der Waals surface area contributed by atoms with Crippen LogP contribution in [0.25, 0.3) is 0 Å². The predicted octanol–water partition coefficient (Wildman–Crippen LogP) is 1.98. The monoisotopic (exact) mass is 382 g/mol. The van der Waals surface area contributed by atoms with Gasteiger partial charge in [0.25, 0.3) is 5.91 Å². The number of rotatable bonds is 6. The van der Waals surface area contributed by atoms with E-state index in [2.05, 4.69) is 30.5 Å². The number of hydrogen-bond acceptors (Lipinski definition) is 8. The Balaban J connectivity index is 2.00. The van der Waals surface area contributed by atoms with Crippen LogP contribution in [0.15, 0.2) is 30.5 Å². The fraction of sp³-hybridized carbons (Fsp3) is 0.263. The van der Waals surface area contributed by atoms with Crippen LogP contribution in [-0.4, -0.2) is 45.1 Å². The molecule has 0 aromatic carbocycles. The van der Waals surface area contributed by atoms with Crippen molar-refractivity contribution in [2.45, 2.75) is 20.3 Å². The molecule has 0 radical (unpaired) electrons. The number of carbonyl (C=O) groups is 1. The first-order chi connectivity index (χ1) is 14.6. The smallest absolute Gasteiger partial charge is 0.273 e. The summed E-state index contributed by atoms with van der Waals surface area (Å²) in [6, 6.07) is 6.82. The highest BCUT2D eigenvalue weighted by atomic mass is 16.5. The van der Waals surface area contributed by atoms with Crippen molar-refractivity contribution in [3.63, 3.8) is 0 Å². The van der Waals surface area contributed by atoms with Gasteiger partial charge in [0.2, 0.25) is 0 Å². The van der Waals surface area contributed by atoms with E-state index in [1.807, 2.05) is 18.3 Å². The highest BCUT2D eigenvalue weighted by molar-refractivity contribution is 5.98. The minimum Gasteiger partial charge on any atom is -0.493 e. The molecular weight excluding hydrogens is 358 g/mol. The molecule has 9 heteroatoms. The Morgan fingerprint density at radius 1 is 1.21 bits per heavy atom. The van der Waals surface area contributed by atoms with Gasteiger partial charge in [-0.15, -0.1) is 5.10 Å². The Bertz CT molecular complexity index is 1090. The van der Waals surface area contributed by atoms with Crippen molar-refractivity contribution in [1.82, 2.24) is 30.5 Å². The van der Waals surface area contributed by atoms with Gasteiger partial charge in [-0.25, -0.2) is 15.0 Å². The van der Waals surface area contributed by atoms with Gasteiger partial charge in [-0.05, 0) is 38.1 Å². The molecule has 0 unspecified atom stereocenters. The van der Waals surface area contributed by atoms with E-state index in [0.717, 1.165) is 11.4 Å². The second-order valence-corrected chi connectivity index (χ2v) is 5.96. The molecular formula is C19H21N7O2. The molecule has 2 N–H and O–H groups in total. The normalized spacial score (nSPS) is 12.5. The molecule has 0 atom stereocenters. The number of nitrogens with zero attached hydrogens (tertiary/aromatic N) is 5. The fourth-order valence-electron chi connectivity index (χ4n) is 2.69. The number of nitrogens with one attached hydrogen (secondary N) is 2. The second kappa shape index (κ2) is 8.38. The molecule has 0 aliphatic carbocycles. The van der Waals surface area contributed by atoms with Crippen molar-refractivity contribution in [2.75, 3.05) is 19.4 Å². The molecule has 9 nitrogen and oxygen atoms in total. The van der Waals surface area contributed by atoms with E-state index < -0.39 is 12.9 Å². The number of ether oxygens (including phenoxy) is 1. The third kappa shape index (κ3) is 4.37. The van der Waals surface area contributed by atoms with Gasteiger partial charge < -0.3 is 15.4 Å². The zero-order valence-corrected chi connectivity index (χ0v) is 15.6. The van der Waals surface area contributed by atoms with Gasteiger partial charge in [0.15, 0.2) is 17.3 Å². The van der Waals surface area contributed by atoms with Gasteiger partial charge in [-0.1, -0.05) is 0 Å². The van der Waals surface area contributed by atoms with Gasteiger partial charge >= 0.3 is 0 Å². The number of carbonyl (C=O) groups excluding carboxylic acids is 1. The van der Waals surface area contributed by atoms with Crippen molar-refractivity contribution >= 4 is 17.4 Å². The molecule has 3 aromatic heterocycles. The largest absolute Gasteiger partial charge is 0.493 e. The lowest BCUT2D eigenvalue weighted by Crippen LogP contribution is -2.22. The van der Waals surface area contributed by atoms with Crippen molar-refractivity contribution in [3.05, 3.63) is 59.1 Å². The summed E-state index contributed by atoms with van der Waals surface area (Å²) in [5, 5.41) is 13.0. The maximum atomic E-state index is 12.5. The molecule has 144 valence electrons. The molecule has 28 heavy (non-hydrogen) atoms. The SMILES string of the molecule is [2H]C([2H])([2H])NC(=O)c1nnc(Cc2cc(C)nc(C)n2)cc1Nc1ncccc1OC. The molecule has 3 aromatic rings. The minimum absolute atomic E-state index is 0.192. The molecule has 0 fully saturated rings. The third-order valence-corrected chi connectivity index (χ3v) is 3.80. The van der Waals surface area contributed by atoms with E-state index >= 15 is 0 Å².